The largest absolute Gasteiger partial charge is 0.385 e. The van der Waals surface area contributed by atoms with Crippen LogP contribution in [0.5, 0.6) is 0 Å². The standard InChI is InChI=1S/C22H21FN4O5S/c23-16-7-13-19(14-8-16)33(31,32)26-21-5-2-1-4-20(21)25-22(28)6-3-15-24-17-9-11-18(12-10-17)27(29)30/h1-2,4-5,7-14,24,26H,3,6,15H2,(H,25,28). The van der Waals surface area contributed by atoms with Gasteiger partial charge in [-0.2, -0.15) is 0 Å². The third-order valence-corrected chi connectivity index (χ3v) is 5.94. The summed E-state index contributed by atoms with van der Waals surface area (Å²) in [5, 5.41) is 16.4. The number of nitro benzene ring substituents is 1. The van der Waals surface area contributed by atoms with Gasteiger partial charge in [0, 0.05) is 30.8 Å². The Balaban J connectivity index is 1.54. The SMILES string of the molecule is O=C(CCCNc1ccc([N+](=O)[O-])cc1)Nc1ccccc1NS(=O)(=O)c1ccc(F)cc1. The summed E-state index contributed by atoms with van der Waals surface area (Å²) in [6.45, 7) is 0.462. The highest BCUT2D eigenvalue weighted by atomic mass is 32.2. The lowest BCUT2D eigenvalue weighted by Crippen LogP contribution is -2.17. The number of non-ortho nitro benzene ring substituents is 1. The molecule has 3 N–H and O–H groups in total. The van der Waals surface area contributed by atoms with Crippen LogP contribution in [0.25, 0.3) is 0 Å². The minimum absolute atomic E-state index is 0.00588. The van der Waals surface area contributed by atoms with Crippen LogP contribution in [0.3, 0.4) is 0 Å². The zero-order valence-electron chi connectivity index (χ0n) is 17.3. The molecule has 0 atom stereocenters. The normalized spacial score (nSPS) is 10.9. The lowest BCUT2D eigenvalue weighted by atomic mass is 10.2. The topological polar surface area (TPSA) is 130 Å². The summed E-state index contributed by atoms with van der Waals surface area (Å²) in [6.07, 6.45) is 0.644. The fourth-order valence-corrected chi connectivity index (χ4v) is 3.97. The van der Waals surface area contributed by atoms with Crippen molar-refractivity contribution in [2.24, 2.45) is 0 Å². The molecular weight excluding hydrogens is 451 g/mol. The Morgan fingerprint density at radius 2 is 1.58 bits per heavy atom. The van der Waals surface area contributed by atoms with Crippen molar-refractivity contribution in [1.29, 1.82) is 0 Å². The summed E-state index contributed by atoms with van der Waals surface area (Å²) < 4.78 is 40.6. The molecular formula is C22H21FN4O5S. The number of halogens is 1. The molecule has 0 aliphatic rings. The molecule has 172 valence electrons. The van der Waals surface area contributed by atoms with Crippen molar-refractivity contribution >= 4 is 38.7 Å². The number of carbonyl (C=O) groups excluding carboxylic acids is 1. The molecule has 0 radical (unpaired) electrons. The molecule has 0 heterocycles. The molecule has 33 heavy (non-hydrogen) atoms. The number of nitro groups is 1. The lowest BCUT2D eigenvalue weighted by Gasteiger charge is -2.14. The van der Waals surface area contributed by atoms with E-state index in [2.05, 4.69) is 15.4 Å². The van der Waals surface area contributed by atoms with E-state index in [4.69, 9.17) is 0 Å². The summed E-state index contributed by atoms with van der Waals surface area (Å²) in [6, 6.07) is 16.7. The molecule has 0 aromatic heterocycles. The molecule has 0 unspecified atom stereocenters. The minimum atomic E-state index is -3.97. The second kappa shape index (κ2) is 10.6. The van der Waals surface area contributed by atoms with Gasteiger partial charge in [-0.1, -0.05) is 12.1 Å². The Hall–Kier alpha value is -3.99. The van der Waals surface area contributed by atoms with Gasteiger partial charge in [-0.25, -0.2) is 12.8 Å². The summed E-state index contributed by atoms with van der Waals surface area (Å²) >= 11 is 0. The number of nitrogens with one attached hydrogen (secondary N) is 3. The van der Waals surface area contributed by atoms with Crippen LogP contribution in [0.4, 0.5) is 27.1 Å². The number of rotatable bonds is 10. The van der Waals surface area contributed by atoms with E-state index < -0.39 is 20.8 Å². The first-order valence-electron chi connectivity index (χ1n) is 9.90. The van der Waals surface area contributed by atoms with Crippen LogP contribution in [0.15, 0.2) is 77.7 Å². The molecule has 9 nitrogen and oxygen atoms in total. The number of nitrogens with zero attached hydrogens (tertiary/aromatic N) is 1. The number of hydrogen-bond donors (Lipinski definition) is 3. The molecule has 0 saturated carbocycles. The highest BCUT2D eigenvalue weighted by Gasteiger charge is 2.17. The fourth-order valence-electron chi connectivity index (χ4n) is 2.89. The van der Waals surface area contributed by atoms with Gasteiger partial charge in [-0.05, 0) is 55.0 Å². The van der Waals surface area contributed by atoms with E-state index in [0.29, 0.717) is 18.7 Å². The van der Waals surface area contributed by atoms with E-state index in [1.54, 1.807) is 30.3 Å². The summed E-state index contributed by atoms with van der Waals surface area (Å²) in [7, 11) is -3.97. The van der Waals surface area contributed by atoms with E-state index in [9.17, 15) is 27.7 Å². The van der Waals surface area contributed by atoms with Crippen molar-refractivity contribution in [2.45, 2.75) is 17.7 Å². The van der Waals surface area contributed by atoms with Gasteiger partial charge in [-0.3, -0.25) is 19.6 Å². The second-order valence-electron chi connectivity index (χ2n) is 6.99. The van der Waals surface area contributed by atoms with Crippen molar-refractivity contribution in [1.82, 2.24) is 0 Å². The second-order valence-corrected chi connectivity index (χ2v) is 8.67. The maximum absolute atomic E-state index is 13.1. The number of anilines is 3. The monoisotopic (exact) mass is 472 g/mol. The van der Waals surface area contributed by atoms with Crippen LogP contribution in [0.2, 0.25) is 0 Å². The van der Waals surface area contributed by atoms with Crippen LogP contribution in [-0.4, -0.2) is 25.8 Å². The number of benzene rings is 3. The number of sulfonamides is 1. The van der Waals surface area contributed by atoms with Crippen LogP contribution < -0.4 is 15.4 Å². The Bertz CT molecular complexity index is 1230. The summed E-state index contributed by atoms with van der Waals surface area (Å²) in [4.78, 5) is 22.4. The smallest absolute Gasteiger partial charge is 0.269 e. The highest BCUT2D eigenvalue weighted by molar-refractivity contribution is 7.92. The highest BCUT2D eigenvalue weighted by Crippen LogP contribution is 2.25. The molecule has 3 aromatic carbocycles. The molecule has 0 aliphatic heterocycles. The predicted octanol–water partition coefficient (Wildman–Crippen LogP) is 4.37. The van der Waals surface area contributed by atoms with Crippen LogP contribution in [0.1, 0.15) is 12.8 Å². The Labute approximate surface area is 189 Å². The molecule has 3 aromatic rings. The van der Waals surface area contributed by atoms with Gasteiger partial charge >= 0.3 is 0 Å². The number of para-hydroxylation sites is 2. The average Bonchev–Trinajstić information content (AvgIpc) is 2.78. The predicted molar refractivity (Wildman–Crippen MR) is 123 cm³/mol. The Morgan fingerprint density at radius 1 is 0.939 bits per heavy atom. The third kappa shape index (κ3) is 6.74. The fraction of sp³-hybridized carbons (Fsp3) is 0.136. The quantitative estimate of drug-likeness (QED) is 0.228. The van der Waals surface area contributed by atoms with Gasteiger partial charge in [0.05, 0.1) is 21.2 Å². The van der Waals surface area contributed by atoms with Crippen molar-refractivity contribution < 1.29 is 22.5 Å². The first kappa shape index (κ1) is 23.7. The number of carbonyl (C=O) groups is 1. The minimum Gasteiger partial charge on any atom is -0.385 e. The van der Waals surface area contributed by atoms with E-state index in [-0.39, 0.29) is 34.3 Å². The maximum Gasteiger partial charge on any atom is 0.269 e. The van der Waals surface area contributed by atoms with E-state index in [1.165, 1.54) is 18.2 Å². The molecule has 0 saturated heterocycles. The van der Waals surface area contributed by atoms with Crippen LogP contribution in [0, 0.1) is 15.9 Å². The molecule has 1 amide bonds. The van der Waals surface area contributed by atoms with Crippen LogP contribution in [-0.2, 0) is 14.8 Å². The molecule has 0 bridgehead atoms. The van der Waals surface area contributed by atoms with Crippen molar-refractivity contribution in [3.05, 3.63) is 88.7 Å². The van der Waals surface area contributed by atoms with Crippen molar-refractivity contribution in [3.8, 4) is 0 Å². The van der Waals surface area contributed by atoms with E-state index in [1.807, 2.05) is 0 Å². The van der Waals surface area contributed by atoms with Gasteiger partial charge in [0.1, 0.15) is 5.82 Å². The van der Waals surface area contributed by atoms with E-state index >= 15 is 0 Å². The van der Waals surface area contributed by atoms with Crippen molar-refractivity contribution in [3.63, 3.8) is 0 Å². The molecule has 3 rings (SSSR count). The summed E-state index contributed by atoms with van der Waals surface area (Å²) in [5.41, 5.74) is 1.16. The zero-order valence-corrected chi connectivity index (χ0v) is 18.1. The molecule has 0 aliphatic carbocycles. The maximum atomic E-state index is 13.1. The van der Waals surface area contributed by atoms with Crippen molar-refractivity contribution in [2.75, 3.05) is 21.9 Å². The Morgan fingerprint density at radius 3 is 2.21 bits per heavy atom. The zero-order chi connectivity index (χ0) is 23.8. The number of hydrogen-bond acceptors (Lipinski definition) is 6. The molecule has 11 heteroatoms. The van der Waals surface area contributed by atoms with Gasteiger partial charge in [0.15, 0.2) is 0 Å². The summed E-state index contributed by atoms with van der Waals surface area (Å²) in [5.74, 6) is -0.862. The molecule has 0 fully saturated rings. The van der Waals surface area contributed by atoms with Crippen LogP contribution >= 0.6 is 0 Å². The van der Waals surface area contributed by atoms with Gasteiger partial charge in [0.25, 0.3) is 15.7 Å². The third-order valence-electron chi connectivity index (χ3n) is 4.56. The first-order chi connectivity index (χ1) is 15.7. The lowest BCUT2D eigenvalue weighted by molar-refractivity contribution is -0.384. The van der Waals surface area contributed by atoms with E-state index in [0.717, 1.165) is 24.3 Å². The first-order valence-corrected chi connectivity index (χ1v) is 11.4. The molecule has 0 spiro atoms. The van der Waals surface area contributed by atoms with Gasteiger partial charge in [-0.15, -0.1) is 0 Å². The van der Waals surface area contributed by atoms with Gasteiger partial charge < -0.3 is 10.6 Å². The van der Waals surface area contributed by atoms with Gasteiger partial charge in [0.2, 0.25) is 5.91 Å². The number of amides is 1. The average molecular weight is 472 g/mol. The Kier molecular flexibility index (Phi) is 7.57.